The lowest BCUT2D eigenvalue weighted by Crippen LogP contribution is -2.15. The van der Waals surface area contributed by atoms with Gasteiger partial charge >= 0.3 is 0 Å². The number of thiazole rings is 1. The van der Waals surface area contributed by atoms with E-state index in [9.17, 15) is 0 Å². The molecule has 126 valence electrons. The van der Waals surface area contributed by atoms with Crippen LogP contribution in [0.4, 0.5) is 5.13 Å². The van der Waals surface area contributed by atoms with Crippen LogP contribution >= 0.6 is 22.9 Å². The van der Waals surface area contributed by atoms with Crippen LogP contribution in [0.15, 0.2) is 49.1 Å². The Labute approximate surface area is 154 Å². The highest BCUT2D eigenvalue weighted by Crippen LogP contribution is 2.32. The van der Waals surface area contributed by atoms with Crippen LogP contribution < -0.4 is 4.90 Å². The molecule has 0 radical (unpaired) electrons. The fourth-order valence-electron chi connectivity index (χ4n) is 2.76. The van der Waals surface area contributed by atoms with Crippen LogP contribution in [0.25, 0.3) is 11.0 Å². The molecule has 1 N–H and O–H groups in total. The third kappa shape index (κ3) is 3.36. The number of hydrogen-bond donors (Lipinski definition) is 1. The van der Waals surface area contributed by atoms with Gasteiger partial charge in [0.05, 0.1) is 4.88 Å². The van der Waals surface area contributed by atoms with E-state index in [2.05, 4.69) is 30.9 Å². The van der Waals surface area contributed by atoms with Crippen molar-refractivity contribution >= 4 is 39.1 Å². The molecule has 0 aliphatic carbocycles. The number of H-pyrrole nitrogens is 1. The minimum Gasteiger partial charge on any atom is -0.347 e. The zero-order chi connectivity index (χ0) is 17.2. The van der Waals surface area contributed by atoms with Gasteiger partial charge in [0.2, 0.25) is 0 Å². The summed E-state index contributed by atoms with van der Waals surface area (Å²) in [4.78, 5) is 19.3. The standard InChI is InChI=1S/C18H16ClN5S/c1-24(11-12-4-7-20-8-5-12)18-23-16(19)15(25-18)9-13-10-22-17-14(13)3-2-6-21-17/h2-8,10H,9,11H2,1H3,(H,21,22). The van der Waals surface area contributed by atoms with Gasteiger partial charge in [0, 0.05) is 50.2 Å². The molecular formula is C18H16ClN5S. The van der Waals surface area contributed by atoms with Gasteiger partial charge in [-0.25, -0.2) is 9.97 Å². The molecular weight excluding hydrogens is 354 g/mol. The quantitative estimate of drug-likeness (QED) is 0.570. The molecule has 5 nitrogen and oxygen atoms in total. The molecule has 4 rings (SSSR count). The predicted molar refractivity (Wildman–Crippen MR) is 102 cm³/mol. The van der Waals surface area contributed by atoms with E-state index in [1.54, 1.807) is 29.9 Å². The van der Waals surface area contributed by atoms with Gasteiger partial charge in [-0.2, -0.15) is 0 Å². The van der Waals surface area contributed by atoms with Gasteiger partial charge in [-0.1, -0.05) is 22.9 Å². The molecule has 0 aromatic carbocycles. The van der Waals surface area contributed by atoms with Gasteiger partial charge in [-0.3, -0.25) is 4.98 Å². The molecule has 4 heterocycles. The lowest BCUT2D eigenvalue weighted by Gasteiger charge is -2.15. The molecule has 0 aliphatic heterocycles. The molecule has 0 bridgehead atoms. The first kappa shape index (κ1) is 16.1. The number of fused-ring (bicyclic) bond motifs is 1. The van der Waals surface area contributed by atoms with E-state index < -0.39 is 0 Å². The van der Waals surface area contributed by atoms with Gasteiger partial charge in [0.25, 0.3) is 0 Å². The van der Waals surface area contributed by atoms with E-state index in [-0.39, 0.29) is 0 Å². The topological polar surface area (TPSA) is 57.7 Å². The van der Waals surface area contributed by atoms with Gasteiger partial charge in [-0.15, -0.1) is 0 Å². The molecule has 7 heteroatoms. The van der Waals surface area contributed by atoms with Gasteiger partial charge < -0.3 is 9.88 Å². The monoisotopic (exact) mass is 369 g/mol. The number of nitrogens with zero attached hydrogens (tertiary/aromatic N) is 4. The summed E-state index contributed by atoms with van der Waals surface area (Å²) in [5, 5.41) is 2.60. The number of aromatic amines is 1. The fourth-order valence-corrected chi connectivity index (χ4v) is 4.00. The van der Waals surface area contributed by atoms with Crippen LogP contribution in [-0.4, -0.2) is 27.0 Å². The Balaban J connectivity index is 1.56. The summed E-state index contributed by atoms with van der Waals surface area (Å²) in [5.74, 6) is 0. The van der Waals surface area contributed by atoms with E-state index in [0.717, 1.165) is 34.0 Å². The second-order valence-corrected chi connectivity index (χ2v) is 7.23. The Morgan fingerprint density at radius 3 is 2.88 bits per heavy atom. The van der Waals surface area contributed by atoms with Crippen LogP contribution in [0, 0.1) is 0 Å². The molecule has 0 saturated carbocycles. The Morgan fingerprint density at radius 2 is 2.04 bits per heavy atom. The number of rotatable bonds is 5. The van der Waals surface area contributed by atoms with Crippen molar-refractivity contribution in [1.29, 1.82) is 0 Å². The van der Waals surface area contributed by atoms with Crippen molar-refractivity contribution in [3.63, 3.8) is 0 Å². The Morgan fingerprint density at radius 1 is 1.20 bits per heavy atom. The second-order valence-electron chi connectivity index (χ2n) is 5.81. The van der Waals surface area contributed by atoms with Crippen molar-refractivity contribution in [2.45, 2.75) is 13.0 Å². The zero-order valence-electron chi connectivity index (χ0n) is 13.6. The number of pyridine rings is 2. The molecule has 0 spiro atoms. The van der Waals surface area contributed by atoms with E-state index >= 15 is 0 Å². The Kier molecular flexibility index (Phi) is 4.38. The first-order valence-corrected chi connectivity index (χ1v) is 9.06. The lowest BCUT2D eigenvalue weighted by atomic mass is 10.1. The summed E-state index contributed by atoms with van der Waals surface area (Å²) in [6.45, 7) is 0.767. The van der Waals surface area contributed by atoms with E-state index in [4.69, 9.17) is 11.6 Å². The molecule has 0 atom stereocenters. The highest BCUT2D eigenvalue weighted by molar-refractivity contribution is 7.16. The smallest absolute Gasteiger partial charge is 0.187 e. The van der Waals surface area contributed by atoms with Crippen molar-refractivity contribution in [2.24, 2.45) is 0 Å². The molecule has 4 aromatic rings. The van der Waals surface area contributed by atoms with Gasteiger partial charge in [0.15, 0.2) is 5.13 Å². The number of anilines is 1. The van der Waals surface area contributed by atoms with Crippen molar-refractivity contribution in [1.82, 2.24) is 19.9 Å². The number of nitrogens with one attached hydrogen (secondary N) is 1. The third-order valence-electron chi connectivity index (χ3n) is 4.02. The maximum absolute atomic E-state index is 6.40. The number of halogens is 1. The molecule has 0 aliphatic rings. The number of hydrogen-bond acceptors (Lipinski definition) is 5. The van der Waals surface area contributed by atoms with Gasteiger partial charge in [0.1, 0.15) is 10.8 Å². The molecule has 0 amide bonds. The highest BCUT2D eigenvalue weighted by Gasteiger charge is 2.15. The third-order valence-corrected chi connectivity index (χ3v) is 5.62. The second kappa shape index (κ2) is 6.82. The maximum Gasteiger partial charge on any atom is 0.187 e. The summed E-state index contributed by atoms with van der Waals surface area (Å²) in [7, 11) is 2.02. The van der Waals surface area contributed by atoms with E-state index in [1.807, 2.05) is 31.4 Å². The minimum absolute atomic E-state index is 0.569. The Bertz CT molecular complexity index is 995. The normalized spacial score (nSPS) is 11.1. The van der Waals surface area contributed by atoms with Crippen LogP contribution in [0.2, 0.25) is 5.15 Å². The number of aromatic nitrogens is 4. The zero-order valence-corrected chi connectivity index (χ0v) is 15.2. The first-order valence-electron chi connectivity index (χ1n) is 7.87. The largest absolute Gasteiger partial charge is 0.347 e. The van der Waals surface area contributed by atoms with Crippen LogP contribution in [0.3, 0.4) is 0 Å². The van der Waals surface area contributed by atoms with Crippen LogP contribution in [0.5, 0.6) is 0 Å². The molecule has 4 aromatic heterocycles. The molecule has 25 heavy (non-hydrogen) atoms. The summed E-state index contributed by atoms with van der Waals surface area (Å²) in [5.41, 5.74) is 3.26. The predicted octanol–water partition coefficient (Wildman–Crippen LogP) is 4.30. The van der Waals surface area contributed by atoms with Crippen LogP contribution in [0.1, 0.15) is 16.0 Å². The van der Waals surface area contributed by atoms with E-state index in [1.165, 1.54) is 11.1 Å². The Hall–Kier alpha value is -2.44. The van der Waals surface area contributed by atoms with Crippen molar-refractivity contribution in [2.75, 3.05) is 11.9 Å². The summed E-state index contributed by atoms with van der Waals surface area (Å²) >= 11 is 8.02. The van der Waals surface area contributed by atoms with Crippen molar-refractivity contribution < 1.29 is 0 Å². The summed E-state index contributed by atoms with van der Waals surface area (Å²) in [6, 6.07) is 8.03. The lowest BCUT2D eigenvalue weighted by molar-refractivity contribution is 0.911. The average Bonchev–Trinajstić information content (AvgIpc) is 3.21. The molecule has 0 fully saturated rings. The SMILES string of the molecule is CN(Cc1ccncc1)c1nc(Cl)c(Cc2c[nH]c3ncccc23)s1. The highest BCUT2D eigenvalue weighted by atomic mass is 35.5. The van der Waals surface area contributed by atoms with E-state index in [0.29, 0.717) is 5.15 Å². The summed E-state index contributed by atoms with van der Waals surface area (Å²) in [6.07, 6.45) is 8.12. The van der Waals surface area contributed by atoms with Crippen molar-refractivity contribution in [3.05, 3.63) is 70.2 Å². The van der Waals surface area contributed by atoms with Gasteiger partial charge in [-0.05, 0) is 35.4 Å². The summed E-state index contributed by atoms with van der Waals surface area (Å²) < 4.78 is 0. The van der Waals surface area contributed by atoms with Crippen LogP contribution in [-0.2, 0) is 13.0 Å². The molecule has 0 unspecified atom stereocenters. The molecule has 0 saturated heterocycles. The first-order chi connectivity index (χ1) is 12.2. The average molecular weight is 370 g/mol. The fraction of sp³-hybridized carbons (Fsp3) is 0.167. The minimum atomic E-state index is 0.569. The maximum atomic E-state index is 6.40. The van der Waals surface area contributed by atoms with Crippen molar-refractivity contribution in [3.8, 4) is 0 Å².